The average molecular weight is 339 g/mol. The van der Waals surface area contributed by atoms with Crippen molar-refractivity contribution in [3.8, 4) is 5.75 Å². The Kier molecular flexibility index (Phi) is 4.18. The van der Waals surface area contributed by atoms with Crippen molar-refractivity contribution in [1.29, 1.82) is 0 Å². The molecule has 0 saturated carbocycles. The van der Waals surface area contributed by atoms with Crippen LogP contribution in [0.15, 0.2) is 46.8 Å². The van der Waals surface area contributed by atoms with E-state index in [0.717, 1.165) is 16.9 Å². The molecule has 2 aromatic heterocycles. The Bertz CT molecular complexity index is 991. The Hall–Kier alpha value is -3.29. The maximum Gasteiger partial charge on any atom is 0.271 e. The first-order valence-electron chi connectivity index (χ1n) is 7.74. The molecule has 25 heavy (non-hydrogen) atoms. The molecular weight excluding hydrogens is 322 g/mol. The van der Waals surface area contributed by atoms with Gasteiger partial charge in [-0.1, -0.05) is 19.9 Å². The van der Waals surface area contributed by atoms with Crippen LogP contribution >= 0.6 is 0 Å². The van der Waals surface area contributed by atoms with E-state index in [2.05, 4.69) is 15.2 Å². The van der Waals surface area contributed by atoms with E-state index in [4.69, 9.17) is 0 Å². The van der Waals surface area contributed by atoms with Gasteiger partial charge in [-0.2, -0.15) is 0 Å². The lowest BCUT2D eigenvalue weighted by Crippen LogP contribution is -1.88. The molecule has 0 atom stereocenters. The number of pyridine rings is 1. The molecule has 1 aromatic carbocycles. The Morgan fingerprint density at radius 2 is 2.00 bits per heavy atom. The van der Waals surface area contributed by atoms with Gasteiger partial charge in [0.15, 0.2) is 5.82 Å². The second-order valence-electron chi connectivity index (χ2n) is 6.04. The van der Waals surface area contributed by atoms with Crippen LogP contribution in [0, 0.1) is 17.0 Å². The first-order chi connectivity index (χ1) is 11.9. The van der Waals surface area contributed by atoms with Crippen LogP contribution in [0.2, 0.25) is 0 Å². The molecule has 0 aliphatic carbocycles. The topological polar surface area (TPSA) is 105 Å². The molecule has 0 radical (unpaired) electrons. The van der Waals surface area contributed by atoms with E-state index in [1.54, 1.807) is 0 Å². The number of nitro benzene ring substituents is 1. The van der Waals surface area contributed by atoms with Crippen LogP contribution in [0.4, 0.5) is 17.2 Å². The van der Waals surface area contributed by atoms with E-state index in [0.29, 0.717) is 5.82 Å². The van der Waals surface area contributed by atoms with Gasteiger partial charge in [-0.3, -0.25) is 14.5 Å². The maximum atomic E-state index is 10.9. The summed E-state index contributed by atoms with van der Waals surface area (Å²) in [7, 11) is 0. The number of hydrogen-bond donors (Lipinski definition) is 1. The summed E-state index contributed by atoms with van der Waals surface area (Å²) in [6.45, 7) is 5.96. The Balaban J connectivity index is 2.12. The zero-order valence-electron chi connectivity index (χ0n) is 14.0. The fraction of sp³-hybridized carbons (Fsp3) is 0.235. The number of phenolic OH excluding ortho intramolecular Hbond substituents is 1. The smallest absolute Gasteiger partial charge is 0.271 e. The predicted molar refractivity (Wildman–Crippen MR) is 93.0 cm³/mol. The molecular formula is C17H17N5O3. The van der Waals surface area contributed by atoms with Gasteiger partial charge in [0.05, 0.1) is 10.6 Å². The van der Waals surface area contributed by atoms with Gasteiger partial charge in [0.25, 0.3) is 5.69 Å². The van der Waals surface area contributed by atoms with Gasteiger partial charge in [0.2, 0.25) is 0 Å². The van der Waals surface area contributed by atoms with Crippen molar-refractivity contribution < 1.29 is 10.0 Å². The quantitative estimate of drug-likeness (QED) is 0.419. The molecule has 0 aliphatic heterocycles. The summed E-state index contributed by atoms with van der Waals surface area (Å²) in [5.41, 5.74) is 2.41. The lowest BCUT2D eigenvalue weighted by Gasteiger charge is -2.03. The number of non-ortho nitro benzene ring substituents is 1. The van der Waals surface area contributed by atoms with Crippen molar-refractivity contribution in [2.45, 2.75) is 26.7 Å². The number of azo groups is 1. The number of fused-ring (bicyclic) bond motifs is 1. The first kappa shape index (κ1) is 16.6. The highest BCUT2D eigenvalue weighted by Gasteiger charge is 2.16. The molecule has 3 aromatic rings. The number of benzene rings is 1. The molecule has 128 valence electrons. The summed E-state index contributed by atoms with van der Waals surface area (Å²) >= 11 is 0. The highest BCUT2D eigenvalue weighted by atomic mass is 16.6. The number of hydrogen-bond acceptors (Lipinski definition) is 6. The van der Waals surface area contributed by atoms with Crippen LogP contribution in [0.5, 0.6) is 5.75 Å². The molecule has 0 unspecified atom stereocenters. The summed E-state index contributed by atoms with van der Waals surface area (Å²) in [6, 6.07) is 7.48. The molecule has 0 spiro atoms. The van der Waals surface area contributed by atoms with Crippen LogP contribution in [-0.4, -0.2) is 19.4 Å². The van der Waals surface area contributed by atoms with E-state index < -0.39 is 4.92 Å². The minimum absolute atomic E-state index is 0.0338. The maximum absolute atomic E-state index is 10.9. The van der Waals surface area contributed by atoms with Gasteiger partial charge in [-0.15, -0.1) is 10.2 Å². The summed E-state index contributed by atoms with van der Waals surface area (Å²) in [6.07, 6.45) is 1.90. The minimum Gasteiger partial charge on any atom is -0.506 e. The van der Waals surface area contributed by atoms with E-state index >= 15 is 0 Å². The molecule has 0 fully saturated rings. The van der Waals surface area contributed by atoms with E-state index in [9.17, 15) is 15.2 Å². The third-order valence-electron chi connectivity index (χ3n) is 3.74. The predicted octanol–water partition coefficient (Wildman–Crippen LogP) is 4.80. The van der Waals surface area contributed by atoms with Crippen molar-refractivity contribution >= 4 is 22.8 Å². The zero-order valence-corrected chi connectivity index (χ0v) is 14.0. The fourth-order valence-corrected chi connectivity index (χ4v) is 2.45. The molecule has 8 heteroatoms. The first-order valence-corrected chi connectivity index (χ1v) is 7.74. The van der Waals surface area contributed by atoms with Crippen LogP contribution in [0.25, 0.3) is 5.65 Å². The number of imidazole rings is 1. The number of aryl methyl sites for hydroxylation is 1. The van der Waals surface area contributed by atoms with Gasteiger partial charge in [0, 0.05) is 18.3 Å². The molecule has 0 amide bonds. The molecule has 0 bridgehead atoms. The summed E-state index contributed by atoms with van der Waals surface area (Å²) in [5, 5.41) is 29.0. The standard InChI is InChI=1S/C17H17N5O3/c1-10(2)16-17(21-9-11(3)4-7-15(21)18-16)20-19-13-8-12(22(24)25)5-6-14(13)23/h4-10,23H,1-3H3. The minimum atomic E-state index is -0.546. The SMILES string of the molecule is Cc1ccc2nc(C(C)C)c(N=Nc3cc([N+](=O)[O-])ccc3O)n2c1. The number of aromatic nitrogens is 2. The fourth-order valence-electron chi connectivity index (χ4n) is 2.45. The lowest BCUT2D eigenvalue weighted by molar-refractivity contribution is -0.384. The lowest BCUT2D eigenvalue weighted by atomic mass is 10.1. The van der Waals surface area contributed by atoms with Gasteiger partial charge < -0.3 is 5.11 Å². The average Bonchev–Trinajstić information content (AvgIpc) is 2.92. The molecule has 2 heterocycles. The summed E-state index contributed by atoms with van der Waals surface area (Å²) in [4.78, 5) is 14.9. The Labute approximate surface area is 143 Å². The van der Waals surface area contributed by atoms with Gasteiger partial charge in [0.1, 0.15) is 17.1 Å². The van der Waals surface area contributed by atoms with Gasteiger partial charge in [-0.25, -0.2) is 4.98 Å². The van der Waals surface area contributed by atoms with Crippen LogP contribution in [-0.2, 0) is 0 Å². The van der Waals surface area contributed by atoms with Gasteiger partial charge >= 0.3 is 0 Å². The largest absolute Gasteiger partial charge is 0.506 e. The van der Waals surface area contributed by atoms with Crippen molar-refractivity contribution in [3.05, 3.63) is 57.9 Å². The number of phenols is 1. The highest BCUT2D eigenvalue weighted by Crippen LogP contribution is 2.34. The number of aromatic hydroxyl groups is 1. The van der Waals surface area contributed by atoms with Crippen LogP contribution in [0.1, 0.15) is 31.0 Å². The number of rotatable bonds is 4. The molecule has 3 rings (SSSR count). The van der Waals surface area contributed by atoms with Crippen LogP contribution in [0.3, 0.4) is 0 Å². The van der Waals surface area contributed by atoms with E-state index in [1.165, 1.54) is 18.2 Å². The third kappa shape index (κ3) is 3.18. The molecule has 0 saturated heterocycles. The number of nitro groups is 1. The Morgan fingerprint density at radius 1 is 1.24 bits per heavy atom. The van der Waals surface area contributed by atoms with Crippen molar-refractivity contribution in [3.63, 3.8) is 0 Å². The number of nitrogens with zero attached hydrogens (tertiary/aromatic N) is 5. The second kappa shape index (κ2) is 6.31. The summed E-state index contributed by atoms with van der Waals surface area (Å²) < 4.78 is 1.82. The van der Waals surface area contributed by atoms with Crippen LogP contribution < -0.4 is 0 Å². The Morgan fingerprint density at radius 3 is 2.68 bits per heavy atom. The normalized spacial score (nSPS) is 11.7. The van der Waals surface area contributed by atoms with E-state index in [1.807, 2.05) is 43.5 Å². The molecule has 1 N–H and O–H groups in total. The zero-order chi connectivity index (χ0) is 18.1. The highest BCUT2D eigenvalue weighted by molar-refractivity contribution is 5.58. The van der Waals surface area contributed by atoms with Crippen molar-refractivity contribution in [2.75, 3.05) is 0 Å². The third-order valence-corrected chi connectivity index (χ3v) is 3.74. The van der Waals surface area contributed by atoms with Crippen molar-refractivity contribution in [2.24, 2.45) is 10.2 Å². The monoisotopic (exact) mass is 339 g/mol. The van der Waals surface area contributed by atoms with E-state index in [-0.39, 0.29) is 23.0 Å². The molecule has 8 nitrogen and oxygen atoms in total. The molecule has 0 aliphatic rings. The van der Waals surface area contributed by atoms with Crippen molar-refractivity contribution in [1.82, 2.24) is 9.38 Å². The second-order valence-corrected chi connectivity index (χ2v) is 6.04. The summed E-state index contributed by atoms with van der Waals surface area (Å²) in [5.74, 6) is 0.484. The van der Waals surface area contributed by atoms with Gasteiger partial charge in [-0.05, 0) is 30.5 Å².